The Morgan fingerprint density at radius 2 is 1.43 bits per heavy atom. The minimum Gasteiger partial charge on any atom is -0.379 e. The molecule has 37 heavy (non-hydrogen) atoms. The predicted molar refractivity (Wildman–Crippen MR) is 156 cm³/mol. The van der Waals surface area contributed by atoms with Gasteiger partial charge >= 0.3 is 0 Å². The topological polar surface area (TPSA) is 29.5 Å². The van der Waals surface area contributed by atoms with Gasteiger partial charge in [-0.15, -0.1) is 0 Å². The maximum atomic E-state index is 14.7. The van der Waals surface area contributed by atoms with Crippen LogP contribution in [0.5, 0.6) is 0 Å². The van der Waals surface area contributed by atoms with E-state index in [4.69, 9.17) is 4.74 Å². The minimum absolute atomic E-state index is 0.0320. The highest BCUT2D eigenvalue weighted by Crippen LogP contribution is 2.67. The van der Waals surface area contributed by atoms with Crippen LogP contribution in [0, 0.1) is 16.7 Å². The van der Waals surface area contributed by atoms with E-state index in [1.165, 1.54) is 10.6 Å². The first-order chi connectivity index (χ1) is 17.7. The number of carbonyl (C=O) groups excluding carboxylic acids is 1. The molecule has 2 fully saturated rings. The molecule has 0 aliphatic heterocycles. The molecule has 3 aromatic rings. The average molecular weight is 514 g/mol. The molecule has 2 saturated carbocycles. The van der Waals surface area contributed by atoms with Crippen LogP contribution in [-0.4, -0.2) is 36.1 Å². The van der Waals surface area contributed by atoms with Gasteiger partial charge in [-0.3, -0.25) is 4.79 Å². The van der Waals surface area contributed by atoms with Crippen LogP contribution in [0.2, 0.25) is 0 Å². The van der Waals surface area contributed by atoms with Crippen molar-refractivity contribution in [1.82, 2.24) is 4.90 Å². The molecule has 0 spiro atoms. The van der Waals surface area contributed by atoms with Crippen molar-refractivity contribution in [2.45, 2.75) is 65.6 Å². The molecule has 0 unspecified atom stereocenters. The molecular formula is C33H40NO2P. The van der Waals surface area contributed by atoms with Crippen LogP contribution in [0.25, 0.3) is 0 Å². The van der Waals surface area contributed by atoms with Crippen LogP contribution in [0.3, 0.4) is 0 Å². The fourth-order valence-electron chi connectivity index (χ4n) is 7.28. The minimum atomic E-state index is -0.884. The number of fused-ring (bicyclic) bond motifs is 2. The monoisotopic (exact) mass is 513 g/mol. The number of hydrogen-bond donors (Lipinski definition) is 0. The van der Waals surface area contributed by atoms with Gasteiger partial charge in [0.15, 0.2) is 0 Å². The third-order valence-corrected chi connectivity index (χ3v) is 12.0. The molecule has 2 bridgehead atoms. The first-order valence-electron chi connectivity index (χ1n) is 13.6. The Hall–Kier alpha value is -2.48. The van der Waals surface area contributed by atoms with E-state index in [0.29, 0.717) is 5.92 Å². The Labute approximate surface area is 224 Å². The number of carbonyl (C=O) groups is 1. The lowest BCUT2D eigenvalue weighted by molar-refractivity contribution is -0.0576. The lowest BCUT2D eigenvalue weighted by Crippen LogP contribution is -2.55. The number of hydrogen-bond acceptors (Lipinski definition) is 2. The van der Waals surface area contributed by atoms with E-state index in [1.54, 1.807) is 0 Å². The normalized spacial score (nSPS) is 26.1. The summed E-state index contributed by atoms with van der Waals surface area (Å²) in [5.41, 5.74) is 0.993. The maximum absolute atomic E-state index is 14.7. The summed E-state index contributed by atoms with van der Waals surface area (Å²) in [6.45, 7) is 11.5. The smallest absolute Gasteiger partial charge is 0.255 e. The first kappa shape index (κ1) is 26.1. The summed E-state index contributed by atoms with van der Waals surface area (Å²) in [6.07, 6.45) is 2.33. The Bertz CT molecular complexity index is 1200. The van der Waals surface area contributed by atoms with Crippen LogP contribution in [-0.2, 0) is 4.74 Å². The standard InChI is InChI=1S/C33H40NO2P/c1-23(2)34(29-27-21-22-33(5,30(29)36-6)32(27,3)4)31(35)26-19-13-14-20-28(26)37(24-15-9-7-10-16-24)25-17-11-8-12-18-25/h7-20,23,27,29-30H,21-22H2,1-6H3/t27-,29-,30-,33+/m1/s1. The van der Waals surface area contributed by atoms with Crippen molar-refractivity contribution in [1.29, 1.82) is 0 Å². The van der Waals surface area contributed by atoms with E-state index in [-0.39, 0.29) is 34.9 Å². The third kappa shape index (κ3) is 4.16. The second-order valence-electron chi connectivity index (χ2n) is 11.8. The van der Waals surface area contributed by atoms with Gasteiger partial charge in [0.05, 0.1) is 12.1 Å². The van der Waals surface area contributed by atoms with Gasteiger partial charge in [0.1, 0.15) is 0 Å². The van der Waals surface area contributed by atoms with Gasteiger partial charge in [0.2, 0.25) is 0 Å². The van der Waals surface area contributed by atoms with Gasteiger partial charge in [-0.25, -0.2) is 0 Å². The van der Waals surface area contributed by atoms with E-state index in [9.17, 15) is 4.79 Å². The molecule has 2 aliphatic rings. The number of rotatable bonds is 7. The molecule has 0 N–H and O–H groups in total. The van der Waals surface area contributed by atoms with Crippen molar-refractivity contribution in [2.75, 3.05) is 7.11 Å². The molecule has 3 nitrogen and oxygen atoms in total. The van der Waals surface area contributed by atoms with E-state index < -0.39 is 7.92 Å². The summed E-state index contributed by atoms with van der Waals surface area (Å²) < 4.78 is 6.24. The second kappa shape index (κ2) is 10.0. The van der Waals surface area contributed by atoms with Crippen molar-refractivity contribution in [3.8, 4) is 0 Å². The van der Waals surface area contributed by atoms with Crippen molar-refractivity contribution < 1.29 is 9.53 Å². The van der Waals surface area contributed by atoms with Gasteiger partial charge < -0.3 is 9.64 Å². The van der Waals surface area contributed by atoms with Gasteiger partial charge in [-0.2, -0.15) is 0 Å². The summed E-state index contributed by atoms with van der Waals surface area (Å²) in [5, 5.41) is 3.62. The molecule has 0 radical (unpaired) electrons. The lowest BCUT2D eigenvalue weighted by Gasteiger charge is -2.44. The summed E-state index contributed by atoms with van der Waals surface area (Å²) in [6, 6.07) is 29.7. The molecule has 1 amide bonds. The van der Waals surface area contributed by atoms with Crippen LogP contribution < -0.4 is 15.9 Å². The number of ether oxygens (including phenoxy) is 1. The highest BCUT2D eigenvalue weighted by atomic mass is 31.1. The summed E-state index contributed by atoms with van der Waals surface area (Å²) in [4.78, 5) is 16.9. The molecule has 0 saturated heterocycles. The highest BCUT2D eigenvalue weighted by molar-refractivity contribution is 7.80. The second-order valence-corrected chi connectivity index (χ2v) is 13.9. The van der Waals surface area contributed by atoms with Crippen molar-refractivity contribution in [3.63, 3.8) is 0 Å². The largest absolute Gasteiger partial charge is 0.379 e. The van der Waals surface area contributed by atoms with Crippen LogP contribution in [0.4, 0.5) is 0 Å². The van der Waals surface area contributed by atoms with Crippen molar-refractivity contribution in [3.05, 3.63) is 90.5 Å². The maximum Gasteiger partial charge on any atom is 0.255 e. The predicted octanol–water partition coefficient (Wildman–Crippen LogP) is 6.14. The molecule has 5 rings (SSSR count). The zero-order chi connectivity index (χ0) is 26.4. The quantitative estimate of drug-likeness (QED) is 0.356. The van der Waals surface area contributed by atoms with Crippen LogP contribution in [0.1, 0.15) is 57.8 Å². The zero-order valence-electron chi connectivity index (χ0n) is 23.0. The molecule has 4 heteroatoms. The Kier molecular flexibility index (Phi) is 7.07. The SMILES string of the molecule is CO[C@@H]1[C@H](N(C(=O)c2ccccc2P(c2ccccc2)c2ccccc2)C(C)C)[C@H]2CC[C@]1(C)C2(C)C. The van der Waals surface area contributed by atoms with Gasteiger partial charge in [0, 0.05) is 24.1 Å². The number of methoxy groups -OCH3 is 1. The first-order valence-corrected chi connectivity index (χ1v) is 14.9. The Balaban J connectivity index is 1.62. The van der Waals surface area contributed by atoms with Gasteiger partial charge in [-0.05, 0) is 67.9 Å². The number of benzene rings is 3. The Morgan fingerprint density at radius 1 is 0.892 bits per heavy atom. The summed E-state index contributed by atoms with van der Waals surface area (Å²) >= 11 is 0. The summed E-state index contributed by atoms with van der Waals surface area (Å²) in [5.74, 6) is 0.551. The molecule has 0 aromatic heterocycles. The Morgan fingerprint density at radius 3 is 1.97 bits per heavy atom. The number of nitrogens with zero attached hydrogens (tertiary/aromatic N) is 1. The number of amides is 1. The van der Waals surface area contributed by atoms with E-state index in [0.717, 1.165) is 23.7 Å². The third-order valence-electron chi connectivity index (χ3n) is 9.49. The van der Waals surface area contributed by atoms with Gasteiger partial charge in [-0.1, -0.05) is 99.6 Å². The van der Waals surface area contributed by atoms with Gasteiger partial charge in [0.25, 0.3) is 5.91 Å². The summed E-state index contributed by atoms with van der Waals surface area (Å²) in [7, 11) is 0.950. The highest BCUT2D eigenvalue weighted by Gasteiger charge is 2.68. The fourth-order valence-corrected chi connectivity index (χ4v) is 9.72. The van der Waals surface area contributed by atoms with Crippen LogP contribution in [0.15, 0.2) is 84.9 Å². The van der Waals surface area contributed by atoms with E-state index in [2.05, 4.69) is 112 Å². The van der Waals surface area contributed by atoms with Crippen molar-refractivity contribution in [2.24, 2.45) is 16.7 Å². The van der Waals surface area contributed by atoms with Crippen LogP contribution >= 0.6 is 7.92 Å². The molecule has 4 atom stereocenters. The zero-order valence-corrected chi connectivity index (χ0v) is 23.9. The molecule has 2 aliphatic carbocycles. The van der Waals surface area contributed by atoms with Crippen molar-refractivity contribution >= 4 is 29.7 Å². The molecule has 3 aromatic carbocycles. The molecular weight excluding hydrogens is 473 g/mol. The van der Waals surface area contributed by atoms with E-state index >= 15 is 0 Å². The molecule has 194 valence electrons. The van der Waals surface area contributed by atoms with E-state index in [1.807, 2.05) is 19.2 Å². The molecule has 0 heterocycles. The lowest BCUT2D eigenvalue weighted by atomic mass is 9.70. The average Bonchev–Trinajstić information content (AvgIpc) is 3.22. The fraction of sp³-hybridized carbons (Fsp3) is 0.424.